The smallest absolute Gasteiger partial charge is 0.130 e. The lowest BCUT2D eigenvalue weighted by Gasteiger charge is -2.28. The van der Waals surface area contributed by atoms with Crippen LogP contribution in [-0.4, -0.2) is 6.61 Å². The largest absolute Gasteiger partial charge is 0.493 e. The van der Waals surface area contributed by atoms with Gasteiger partial charge in [-0.15, -0.1) is 0 Å². The maximum absolute atomic E-state index is 14.3. The molecule has 0 radical (unpaired) electrons. The van der Waals surface area contributed by atoms with Crippen molar-refractivity contribution in [2.45, 2.75) is 90.9 Å². The van der Waals surface area contributed by atoms with Gasteiger partial charge in [-0.05, 0) is 42.7 Å². The van der Waals surface area contributed by atoms with Gasteiger partial charge in [-0.25, -0.2) is 4.39 Å². The summed E-state index contributed by atoms with van der Waals surface area (Å²) >= 11 is 0. The van der Waals surface area contributed by atoms with Crippen molar-refractivity contribution in [3.05, 3.63) is 29.6 Å². The van der Waals surface area contributed by atoms with E-state index < -0.39 is 0 Å². The van der Waals surface area contributed by atoms with E-state index >= 15 is 0 Å². The van der Waals surface area contributed by atoms with Crippen LogP contribution < -0.4 is 4.74 Å². The number of rotatable bonds is 11. The predicted molar refractivity (Wildman–Crippen MR) is 105 cm³/mol. The zero-order chi connectivity index (χ0) is 17.9. The zero-order valence-corrected chi connectivity index (χ0v) is 16.4. The molecule has 1 saturated carbocycles. The minimum atomic E-state index is -0.0919. The third-order valence-corrected chi connectivity index (χ3v) is 5.78. The fourth-order valence-corrected chi connectivity index (χ4v) is 4.12. The molecule has 0 aromatic heterocycles. The Labute approximate surface area is 154 Å². The van der Waals surface area contributed by atoms with Crippen LogP contribution in [-0.2, 0) is 6.42 Å². The summed E-state index contributed by atoms with van der Waals surface area (Å²) in [6.45, 7) is 5.18. The predicted octanol–water partition coefficient (Wildman–Crippen LogP) is 7.32. The van der Waals surface area contributed by atoms with E-state index in [-0.39, 0.29) is 5.82 Å². The minimum Gasteiger partial charge on any atom is -0.493 e. The second-order valence-electron chi connectivity index (χ2n) is 7.88. The second kappa shape index (κ2) is 11.5. The molecule has 0 bridgehead atoms. The van der Waals surface area contributed by atoms with Crippen LogP contribution in [0.15, 0.2) is 18.2 Å². The first-order valence-electron chi connectivity index (χ1n) is 10.6. The molecule has 1 aliphatic rings. The molecular weight excluding hydrogens is 311 g/mol. The van der Waals surface area contributed by atoms with Gasteiger partial charge in [0.05, 0.1) is 6.61 Å². The van der Waals surface area contributed by atoms with Crippen molar-refractivity contribution in [2.75, 3.05) is 6.61 Å². The highest BCUT2D eigenvalue weighted by molar-refractivity contribution is 5.29. The molecule has 2 rings (SSSR count). The normalized spacial score (nSPS) is 20.6. The minimum absolute atomic E-state index is 0.0919. The number of unbranched alkanes of at least 4 members (excludes halogenated alkanes) is 3. The molecule has 1 aliphatic carbocycles. The highest BCUT2D eigenvalue weighted by Gasteiger charge is 2.20. The van der Waals surface area contributed by atoms with Gasteiger partial charge in [-0.1, -0.05) is 77.7 Å². The number of ether oxygens (including phenoxy) is 1. The maximum atomic E-state index is 14.3. The second-order valence-corrected chi connectivity index (χ2v) is 7.88. The molecule has 0 aliphatic heterocycles. The van der Waals surface area contributed by atoms with Crippen molar-refractivity contribution in [2.24, 2.45) is 11.8 Å². The van der Waals surface area contributed by atoms with Gasteiger partial charge in [-0.3, -0.25) is 0 Å². The Morgan fingerprint density at radius 3 is 2.28 bits per heavy atom. The number of benzene rings is 1. The van der Waals surface area contributed by atoms with Crippen molar-refractivity contribution >= 4 is 0 Å². The summed E-state index contributed by atoms with van der Waals surface area (Å²) in [7, 11) is 0. The highest BCUT2D eigenvalue weighted by Crippen LogP contribution is 2.34. The van der Waals surface area contributed by atoms with Crippen LogP contribution in [0.1, 0.15) is 90.0 Å². The van der Waals surface area contributed by atoms with Crippen molar-refractivity contribution in [3.8, 4) is 5.75 Å². The maximum Gasteiger partial charge on any atom is 0.130 e. The molecule has 25 heavy (non-hydrogen) atoms. The van der Waals surface area contributed by atoms with Crippen molar-refractivity contribution in [1.82, 2.24) is 0 Å². The van der Waals surface area contributed by atoms with Gasteiger partial charge in [0, 0.05) is 6.07 Å². The van der Waals surface area contributed by atoms with E-state index in [4.69, 9.17) is 4.74 Å². The van der Waals surface area contributed by atoms with Crippen molar-refractivity contribution in [1.29, 1.82) is 0 Å². The summed E-state index contributed by atoms with van der Waals surface area (Å²) in [4.78, 5) is 0. The number of hydrogen-bond donors (Lipinski definition) is 0. The van der Waals surface area contributed by atoms with E-state index in [0.717, 1.165) is 36.7 Å². The van der Waals surface area contributed by atoms with Crippen LogP contribution in [0.3, 0.4) is 0 Å². The van der Waals surface area contributed by atoms with Gasteiger partial charge in [0.25, 0.3) is 0 Å². The Bertz CT molecular complexity index is 477. The fourth-order valence-electron chi connectivity index (χ4n) is 4.12. The van der Waals surface area contributed by atoms with E-state index in [2.05, 4.69) is 13.8 Å². The van der Waals surface area contributed by atoms with E-state index in [1.807, 2.05) is 12.1 Å². The highest BCUT2D eigenvalue weighted by atomic mass is 19.1. The number of halogens is 1. The summed E-state index contributed by atoms with van der Waals surface area (Å²) in [5.41, 5.74) is 0.856. The first-order chi connectivity index (χ1) is 12.2. The lowest BCUT2D eigenvalue weighted by molar-refractivity contribution is 0.252. The quantitative estimate of drug-likeness (QED) is 0.380. The molecule has 0 spiro atoms. The molecule has 0 heterocycles. The number of aryl methyl sites for hydroxylation is 1. The molecule has 0 amide bonds. The fraction of sp³-hybridized carbons (Fsp3) is 0.739. The van der Waals surface area contributed by atoms with E-state index in [1.54, 1.807) is 6.07 Å². The van der Waals surface area contributed by atoms with E-state index in [1.165, 1.54) is 57.8 Å². The van der Waals surface area contributed by atoms with Crippen LogP contribution in [0.2, 0.25) is 0 Å². The van der Waals surface area contributed by atoms with E-state index in [0.29, 0.717) is 12.4 Å². The first kappa shape index (κ1) is 20.3. The molecule has 0 N–H and O–H groups in total. The zero-order valence-electron chi connectivity index (χ0n) is 16.4. The molecule has 142 valence electrons. The third-order valence-electron chi connectivity index (χ3n) is 5.78. The summed E-state index contributed by atoms with van der Waals surface area (Å²) in [5, 5.41) is 0. The van der Waals surface area contributed by atoms with Crippen LogP contribution in [0.4, 0.5) is 4.39 Å². The Morgan fingerprint density at radius 1 is 0.920 bits per heavy atom. The average Bonchev–Trinajstić information content (AvgIpc) is 2.62. The lowest BCUT2D eigenvalue weighted by atomic mass is 9.78. The molecule has 1 nitrogen and oxygen atoms in total. The third kappa shape index (κ3) is 7.38. The van der Waals surface area contributed by atoms with Gasteiger partial charge in [-0.2, -0.15) is 0 Å². The Balaban J connectivity index is 1.70. The van der Waals surface area contributed by atoms with Crippen molar-refractivity contribution in [3.63, 3.8) is 0 Å². The topological polar surface area (TPSA) is 9.23 Å². The van der Waals surface area contributed by atoms with Crippen LogP contribution in [0.25, 0.3) is 0 Å². The molecule has 0 unspecified atom stereocenters. The van der Waals surface area contributed by atoms with Gasteiger partial charge in [0.1, 0.15) is 11.6 Å². The molecule has 1 aromatic rings. The van der Waals surface area contributed by atoms with Gasteiger partial charge < -0.3 is 4.74 Å². The Morgan fingerprint density at radius 2 is 1.64 bits per heavy atom. The van der Waals surface area contributed by atoms with Crippen molar-refractivity contribution < 1.29 is 9.13 Å². The molecule has 2 heteroatoms. The van der Waals surface area contributed by atoms with Gasteiger partial charge in [0.2, 0.25) is 0 Å². The summed E-state index contributed by atoms with van der Waals surface area (Å²) in [6, 6.07) is 5.45. The van der Waals surface area contributed by atoms with Crippen LogP contribution >= 0.6 is 0 Å². The lowest BCUT2D eigenvalue weighted by Crippen LogP contribution is -2.15. The average molecular weight is 349 g/mol. The molecular formula is C23H37FO. The van der Waals surface area contributed by atoms with Crippen LogP contribution in [0, 0.1) is 17.7 Å². The number of hydrogen-bond acceptors (Lipinski definition) is 1. The SMILES string of the molecule is CCCCCCOc1ccc(CCC2CCC(CCC)CC2)c(F)c1. The van der Waals surface area contributed by atoms with Gasteiger partial charge in [0.15, 0.2) is 0 Å². The summed E-state index contributed by atoms with van der Waals surface area (Å²) < 4.78 is 20.0. The summed E-state index contributed by atoms with van der Waals surface area (Å²) in [5.74, 6) is 2.33. The Kier molecular flexibility index (Phi) is 9.36. The Hall–Kier alpha value is -1.05. The summed E-state index contributed by atoms with van der Waals surface area (Å²) in [6.07, 6.45) is 14.9. The first-order valence-corrected chi connectivity index (χ1v) is 10.6. The van der Waals surface area contributed by atoms with E-state index in [9.17, 15) is 4.39 Å². The molecule has 1 fully saturated rings. The molecule has 1 aromatic carbocycles. The monoisotopic (exact) mass is 348 g/mol. The molecule has 0 atom stereocenters. The standard InChI is InChI=1S/C23H37FO/c1-3-5-6-7-17-25-22-16-15-21(23(24)18-22)14-13-20-11-9-19(8-4-2)10-12-20/h15-16,18-20H,3-14,17H2,1-2H3. The molecule has 0 saturated heterocycles. The van der Waals surface area contributed by atoms with Gasteiger partial charge >= 0.3 is 0 Å². The van der Waals surface area contributed by atoms with Crippen LogP contribution in [0.5, 0.6) is 5.75 Å².